The highest BCUT2D eigenvalue weighted by Gasteiger charge is 2.21. The molecule has 0 saturated heterocycles. The molecule has 10 nitrogen and oxygen atoms in total. The number of carbonyl (C=O) groups excluding carboxylic acids is 1. The van der Waals surface area contributed by atoms with Crippen LogP contribution in [0.25, 0.3) is 11.2 Å². The van der Waals surface area contributed by atoms with E-state index in [9.17, 15) is 19.5 Å². The first-order valence-corrected chi connectivity index (χ1v) is 8.73. The summed E-state index contributed by atoms with van der Waals surface area (Å²) in [6, 6.07) is 5.04. The molecule has 1 amide bonds. The molecule has 29 heavy (non-hydrogen) atoms. The largest absolute Gasteiger partial charge is 0.872 e. The first-order valence-electron chi connectivity index (χ1n) is 8.73. The predicted molar refractivity (Wildman–Crippen MR) is 105 cm³/mol. The fourth-order valence-corrected chi connectivity index (χ4v) is 2.97. The molecule has 0 spiro atoms. The second kappa shape index (κ2) is 7.97. The maximum absolute atomic E-state index is 12.4. The van der Waals surface area contributed by atoms with Crippen molar-refractivity contribution in [2.45, 2.75) is 13.0 Å². The summed E-state index contributed by atoms with van der Waals surface area (Å²) in [6.45, 7) is 3.41. The number of aromatic amines is 1. The van der Waals surface area contributed by atoms with Crippen LogP contribution in [0.4, 0.5) is 0 Å². The molecular formula is C19H20N6O4. The van der Waals surface area contributed by atoms with Crippen LogP contribution in [0.15, 0.2) is 51.9 Å². The van der Waals surface area contributed by atoms with E-state index in [0.29, 0.717) is 23.2 Å². The third-order valence-corrected chi connectivity index (χ3v) is 4.48. The molecule has 3 rings (SSSR count). The number of hydrogen-bond acceptors (Lipinski definition) is 5. The maximum Gasteiger partial charge on any atom is 0.333 e. The number of imidazole rings is 1. The quantitative estimate of drug-likeness (QED) is 0.235. The Kier molecular flexibility index (Phi) is 5.44. The second-order valence-corrected chi connectivity index (χ2v) is 6.43. The Labute approximate surface area is 165 Å². The lowest BCUT2D eigenvalue weighted by atomic mass is 10.1. The SMILES string of the molecule is C=CCc1cccc(C=NNC(=O)C[n+]2c[nH]c3c2c(=O)n(C)c(=O)n3C)c1[O-]. The fraction of sp³-hybridized carbons (Fsp3) is 0.211. The summed E-state index contributed by atoms with van der Waals surface area (Å²) in [5.41, 5.74) is 2.77. The van der Waals surface area contributed by atoms with Crippen molar-refractivity contribution >= 4 is 23.3 Å². The number of allylic oxidation sites excluding steroid dienone is 1. The molecule has 0 atom stereocenters. The van der Waals surface area contributed by atoms with E-state index >= 15 is 0 Å². The van der Waals surface area contributed by atoms with Gasteiger partial charge in [0.1, 0.15) is 0 Å². The molecule has 2 N–H and O–H groups in total. The Balaban J connectivity index is 1.78. The van der Waals surface area contributed by atoms with Crippen LogP contribution in [-0.2, 0) is 31.9 Å². The van der Waals surface area contributed by atoms with Gasteiger partial charge in [-0.05, 0) is 12.0 Å². The van der Waals surface area contributed by atoms with Crippen LogP contribution in [0.1, 0.15) is 11.1 Å². The van der Waals surface area contributed by atoms with E-state index in [1.165, 1.54) is 35.8 Å². The molecule has 0 fully saturated rings. The van der Waals surface area contributed by atoms with Crippen LogP contribution in [0.5, 0.6) is 5.75 Å². The lowest BCUT2D eigenvalue weighted by Gasteiger charge is -2.15. The van der Waals surface area contributed by atoms with Gasteiger partial charge >= 0.3 is 11.2 Å². The summed E-state index contributed by atoms with van der Waals surface area (Å²) in [5.74, 6) is -0.682. The Morgan fingerprint density at radius 1 is 1.34 bits per heavy atom. The predicted octanol–water partition coefficient (Wildman–Crippen LogP) is -1.19. The highest BCUT2D eigenvalue weighted by molar-refractivity contribution is 5.85. The van der Waals surface area contributed by atoms with Gasteiger partial charge in [0.2, 0.25) is 6.33 Å². The van der Waals surface area contributed by atoms with Gasteiger partial charge in [-0.3, -0.25) is 18.7 Å². The van der Waals surface area contributed by atoms with E-state index in [-0.39, 0.29) is 17.8 Å². The topological polar surface area (TPSA) is 128 Å². The fourth-order valence-electron chi connectivity index (χ4n) is 2.97. The third kappa shape index (κ3) is 3.72. The lowest BCUT2D eigenvalue weighted by Crippen LogP contribution is -2.46. The average molecular weight is 396 g/mol. The van der Waals surface area contributed by atoms with Crippen LogP contribution in [0, 0.1) is 0 Å². The molecule has 1 aromatic carbocycles. The number of aromatic nitrogens is 4. The summed E-state index contributed by atoms with van der Waals surface area (Å²) in [5, 5.41) is 16.1. The molecule has 0 radical (unpaired) electrons. The van der Waals surface area contributed by atoms with E-state index in [1.807, 2.05) is 0 Å². The minimum Gasteiger partial charge on any atom is -0.872 e. The summed E-state index contributed by atoms with van der Waals surface area (Å²) in [4.78, 5) is 39.4. The van der Waals surface area contributed by atoms with E-state index in [1.54, 1.807) is 24.3 Å². The van der Waals surface area contributed by atoms with Gasteiger partial charge in [0, 0.05) is 14.1 Å². The van der Waals surface area contributed by atoms with Crippen molar-refractivity contribution in [3.8, 4) is 5.75 Å². The van der Waals surface area contributed by atoms with Crippen molar-refractivity contribution < 1.29 is 14.5 Å². The molecular weight excluding hydrogens is 376 g/mol. The van der Waals surface area contributed by atoms with Gasteiger partial charge in [-0.1, -0.05) is 35.6 Å². The maximum atomic E-state index is 12.4. The van der Waals surface area contributed by atoms with Gasteiger partial charge in [0.25, 0.3) is 17.1 Å². The molecule has 10 heteroatoms. The molecule has 2 aromatic heterocycles. The van der Waals surface area contributed by atoms with Crippen LogP contribution >= 0.6 is 0 Å². The molecule has 0 aliphatic rings. The molecule has 0 aliphatic heterocycles. The highest BCUT2D eigenvalue weighted by Crippen LogP contribution is 2.18. The van der Waals surface area contributed by atoms with E-state index < -0.39 is 17.2 Å². The molecule has 3 aromatic rings. The normalized spacial score (nSPS) is 11.2. The molecule has 0 saturated carbocycles. The van der Waals surface area contributed by atoms with Crippen molar-refractivity contribution in [1.29, 1.82) is 0 Å². The van der Waals surface area contributed by atoms with Crippen molar-refractivity contribution in [3.05, 3.63) is 69.1 Å². The zero-order valence-electron chi connectivity index (χ0n) is 16.0. The number of fused-ring (bicyclic) bond motifs is 1. The van der Waals surface area contributed by atoms with E-state index in [2.05, 4.69) is 22.1 Å². The number of aryl methyl sites for hydroxylation is 1. The number of amides is 1. The molecule has 0 unspecified atom stereocenters. The Morgan fingerprint density at radius 2 is 2.10 bits per heavy atom. The number of rotatable bonds is 6. The Morgan fingerprint density at radius 3 is 2.83 bits per heavy atom. The number of nitrogens with zero attached hydrogens (tertiary/aromatic N) is 4. The Hall–Kier alpha value is -3.95. The van der Waals surface area contributed by atoms with Gasteiger partial charge in [0.05, 0.1) is 6.21 Å². The number of benzene rings is 1. The van der Waals surface area contributed by atoms with Gasteiger partial charge in [0.15, 0.2) is 6.54 Å². The number of para-hydroxylation sites is 1. The van der Waals surface area contributed by atoms with E-state index in [4.69, 9.17) is 0 Å². The van der Waals surface area contributed by atoms with Crippen LogP contribution in [0.3, 0.4) is 0 Å². The van der Waals surface area contributed by atoms with E-state index in [0.717, 1.165) is 4.57 Å². The van der Waals surface area contributed by atoms with Crippen molar-refractivity contribution in [2.75, 3.05) is 0 Å². The summed E-state index contributed by atoms with van der Waals surface area (Å²) < 4.78 is 3.65. The average Bonchev–Trinajstić information content (AvgIpc) is 3.11. The van der Waals surface area contributed by atoms with Gasteiger partial charge < -0.3 is 5.11 Å². The number of H-pyrrole nitrogens is 1. The molecule has 0 aliphatic carbocycles. The zero-order valence-corrected chi connectivity index (χ0v) is 16.0. The minimum absolute atomic E-state index is 0.180. The van der Waals surface area contributed by atoms with Crippen molar-refractivity contribution in [2.24, 2.45) is 19.2 Å². The Bertz CT molecular complexity index is 1250. The number of hydrogen-bond donors (Lipinski definition) is 2. The second-order valence-electron chi connectivity index (χ2n) is 6.43. The summed E-state index contributed by atoms with van der Waals surface area (Å²) >= 11 is 0. The van der Waals surface area contributed by atoms with Gasteiger partial charge in [-0.2, -0.15) is 5.10 Å². The number of nitrogens with one attached hydrogen (secondary N) is 2. The number of hydrazone groups is 1. The van der Waals surface area contributed by atoms with Gasteiger partial charge in [-0.25, -0.2) is 19.8 Å². The third-order valence-electron chi connectivity index (χ3n) is 4.48. The number of carbonyl (C=O) groups is 1. The summed E-state index contributed by atoms with van der Waals surface area (Å²) in [6.07, 6.45) is 4.79. The van der Waals surface area contributed by atoms with Crippen LogP contribution in [0.2, 0.25) is 0 Å². The minimum atomic E-state index is -0.518. The van der Waals surface area contributed by atoms with Gasteiger partial charge in [-0.15, -0.1) is 6.58 Å². The molecule has 2 heterocycles. The monoisotopic (exact) mass is 396 g/mol. The zero-order chi connectivity index (χ0) is 21.1. The highest BCUT2D eigenvalue weighted by atomic mass is 16.3. The smallest absolute Gasteiger partial charge is 0.333 e. The molecule has 150 valence electrons. The standard InChI is InChI=1S/C19H20N6O4/c1-4-6-12-7-5-8-13(16(12)27)9-21-22-14(26)10-25-11-20-17-15(25)18(28)24(3)19(29)23(17)2/h4-5,7-9,11H,1,6,10H2,2-3H3,(H2,21,22,26,27). The molecule has 0 bridgehead atoms. The lowest BCUT2D eigenvalue weighted by molar-refractivity contribution is -0.659. The first-order chi connectivity index (χ1) is 13.8. The first kappa shape index (κ1) is 19.8. The van der Waals surface area contributed by atoms with Crippen molar-refractivity contribution in [1.82, 2.24) is 19.5 Å². The van der Waals surface area contributed by atoms with Crippen LogP contribution in [-0.4, -0.2) is 26.2 Å². The van der Waals surface area contributed by atoms with Crippen LogP contribution < -0.4 is 26.3 Å². The van der Waals surface area contributed by atoms with Crippen molar-refractivity contribution in [3.63, 3.8) is 0 Å². The summed E-state index contributed by atoms with van der Waals surface area (Å²) in [7, 11) is 2.89.